The van der Waals surface area contributed by atoms with Gasteiger partial charge in [-0.05, 0) is 43.5 Å². The SMILES string of the molecule is O=C(NCCCNc1ccccc1)C1CCCN(Cc2ccccc2)C1. The van der Waals surface area contributed by atoms with Crippen molar-refractivity contribution in [2.24, 2.45) is 5.92 Å². The molecule has 0 spiro atoms. The van der Waals surface area contributed by atoms with Gasteiger partial charge >= 0.3 is 0 Å². The smallest absolute Gasteiger partial charge is 0.224 e. The summed E-state index contributed by atoms with van der Waals surface area (Å²) < 4.78 is 0. The molecule has 1 aliphatic heterocycles. The summed E-state index contributed by atoms with van der Waals surface area (Å²) in [5, 5.41) is 6.49. The number of carbonyl (C=O) groups excluding carboxylic acids is 1. The maximum absolute atomic E-state index is 12.5. The Labute approximate surface area is 156 Å². The van der Waals surface area contributed by atoms with Gasteiger partial charge in [0.2, 0.25) is 5.91 Å². The van der Waals surface area contributed by atoms with Crippen LogP contribution in [0, 0.1) is 5.92 Å². The molecule has 1 fully saturated rings. The Balaban J connectivity index is 1.35. The first-order valence-corrected chi connectivity index (χ1v) is 9.64. The van der Waals surface area contributed by atoms with Gasteiger partial charge in [-0.25, -0.2) is 0 Å². The van der Waals surface area contributed by atoms with E-state index in [0.717, 1.165) is 57.7 Å². The predicted molar refractivity (Wildman–Crippen MR) is 107 cm³/mol. The summed E-state index contributed by atoms with van der Waals surface area (Å²) in [4.78, 5) is 14.9. The highest BCUT2D eigenvalue weighted by Gasteiger charge is 2.25. The third-order valence-corrected chi connectivity index (χ3v) is 4.88. The van der Waals surface area contributed by atoms with Crippen LogP contribution in [0.25, 0.3) is 0 Å². The van der Waals surface area contributed by atoms with Crippen LogP contribution in [-0.2, 0) is 11.3 Å². The molecule has 0 bridgehead atoms. The number of anilines is 1. The van der Waals surface area contributed by atoms with Crippen LogP contribution in [0.5, 0.6) is 0 Å². The summed E-state index contributed by atoms with van der Waals surface area (Å²) in [6, 6.07) is 20.7. The number of nitrogens with one attached hydrogen (secondary N) is 2. The number of para-hydroxylation sites is 1. The minimum absolute atomic E-state index is 0.120. The minimum Gasteiger partial charge on any atom is -0.385 e. The van der Waals surface area contributed by atoms with Crippen molar-refractivity contribution in [1.29, 1.82) is 0 Å². The van der Waals surface area contributed by atoms with Crippen LogP contribution in [0.3, 0.4) is 0 Å². The van der Waals surface area contributed by atoms with Gasteiger partial charge in [0.05, 0.1) is 5.92 Å². The zero-order valence-electron chi connectivity index (χ0n) is 15.4. The van der Waals surface area contributed by atoms with Crippen molar-refractivity contribution in [3.8, 4) is 0 Å². The molecule has 0 saturated carbocycles. The van der Waals surface area contributed by atoms with Crippen molar-refractivity contribution in [2.45, 2.75) is 25.8 Å². The quantitative estimate of drug-likeness (QED) is 0.715. The summed E-state index contributed by atoms with van der Waals surface area (Å²) in [5.74, 6) is 0.331. The fourth-order valence-electron chi connectivity index (χ4n) is 3.49. The van der Waals surface area contributed by atoms with Gasteiger partial charge in [-0.15, -0.1) is 0 Å². The van der Waals surface area contributed by atoms with Gasteiger partial charge in [-0.3, -0.25) is 9.69 Å². The van der Waals surface area contributed by atoms with Crippen molar-refractivity contribution in [3.63, 3.8) is 0 Å². The van der Waals surface area contributed by atoms with E-state index < -0.39 is 0 Å². The molecule has 1 unspecified atom stereocenters. The molecule has 3 rings (SSSR count). The largest absolute Gasteiger partial charge is 0.385 e. The fourth-order valence-corrected chi connectivity index (χ4v) is 3.49. The van der Waals surface area contributed by atoms with Crippen LogP contribution in [0.2, 0.25) is 0 Å². The Bertz CT molecular complexity index is 660. The van der Waals surface area contributed by atoms with Crippen LogP contribution >= 0.6 is 0 Å². The highest BCUT2D eigenvalue weighted by atomic mass is 16.1. The molecule has 138 valence electrons. The van der Waals surface area contributed by atoms with Crippen molar-refractivity contribution < 1.29 is 4.79 Å². The molecule has 2 aromatic rings. The van der Waals surface area contributed by atoms with Gasteiger partial charge in [0.25, 0.3) is 0 Å². The van der Waals surface area contributed by atoms with E-state index in [1.807, 2.05) is 24.3 Å². The standard InChI is InChI=1S/C22H29N3O/c26-22(24-15-8-14-23-21-12-5-2-6-13-21)20-11-7-16-25(18-20)17-19-9-3-1-4-10-19/h1-6,9-10,12-13,20,23H,7-8,11,14-18H2,(H,24,26). The number of benzene rings is 2. The zero-order chi connectivity index (χ0) is 18.0. The third-order valence-electron chi connectivity index (χ3n) is 4.88. The summed E-state index contributed by atoms with van der Waals surface area (Å²) in [6.45, 7) is 4.48. The molecule has 1 amide bonds. The summed E-state index contributed by atoms with van der Waals surface area (Å²) in [7, 11) is 0. The summed E-state index contributed by atoms with van der Waals surface area (Å²) in [6.07, 6.45) is 3.03. The molecule has 1 saturated heterocycles. The number of carbonyl (C=O) groups is 1. The zero-order valence-corrected chi connectivity index (χ0v) is 15.4. The first-order valence-electron chi connectivity index (χ1n) is 9.64. The van der Waals surface area contributed by atoms with E-state index >= 15 is 0 Å². The van der Waals surface area contributed by atoms with E-state index in [2.05, 4.69) is 51.9 Å². The molecule has 4 nitrogen and oxygen atoms in total. The Hall–Kier alpha value is -2.33. The number of piperidine rings is 1. The first kappa shape index (κ1) is 18.5. The Morgan fingerprint density at radius 3 is 2.50 bits per heavy atom. The lowest BCUT2D eigenvalue weighted by molar-refractivity contribution is -0.126. The summed E-state index contributed by atoms with van der Waals surface area (Å²) >= 11 is 0. The van der Waals surface area contributed by atoms with Gasteiger partial charge in [-0.1, -0.05) is 48.5 Å². The maximum Gasteiger partial charge on any atom is 0.224 e. The molecule has 4 heteroatoms. The minimum atomic E-state index is 0.120. The lowest BCUT2D eigenvalue weighted by atomic mass is 9.96. The predicted octanol–water partition coefficient (Wildman–Crippen LogP) is 3.52. The van der Waals surface area contributed by atoms with E-state index in [4.69, 9.17) is 0 Å². The number of amides is 1. The Kier molecular flexibility index (Phi) is 7.08. The molecule has 1 atom stereocenters. The van der Waals surface area contributed by atoms with Crippen LogP contribution in [0.1, 0.15) is 24.8 Å². The number of hydrogen-bond acceptors (Lipinski definition) is 3. The van der Waals surface area contributed by atoms with Gasteiger partial charge in [-0.2, -0.15) is 0 Å². The molecule has 0 radical (unpaired) electrons. The van der Waals surface area contributed by atoms with Crippen molar-refractivity contribution in [2.75, 3.05) is 31.5 Å². The molecule has 1 heterocycles. The number of hydrogen-bond donors (Lipinski definition) is 2. The second-order valence-corrected chi connectivity index (χ2v) is 7.00. The monoisotopic (exact) mass is 351 g/mol. The molecule has 1 aliphatic rings. The van der Waals surface area contributed by atoms with Gasteiger partial charge < -0.3 is 10.6 Å². The third kappa shape index (κ3) is 5.88. The molecular weight excluding hydrogens is 322 g/mol. The highest BCUT2D eigenvalue weighted by molar-refractivity contribution is 5.78. The second-order valence-electron chi connectivity index (χ2n) is 7.00. The molecule has 26 heavy (non-hydrogen) atoms. The van der Waals surface area contributed by atoms with Crippen LogP contribution in [0.15, 0.2) is 60.7 Å². The van der Waals surface area contributed by atoms with Crippen molar-refractivity contribution >= 4 is 11.6 Å². The Morgan fingerprint density at radius 2 is 1.73 bits per heavy atom. The average molecular weight is 351 g/mol. The van der Waals surface area contributed by atoms with E-state index in [1.165, 1.54) is 5.56 Å². The van der Waals surface area contributed by atoms with Gasteiger partial charge in [0.15, 0.2) is 0 Å². The summed E-state index contributed by atoms with van der Waals surface area (Å²) in [5.41, 5.74) is 2.45. The van der Waals surface area contributed by atoms with E-state index in [0.29, 0.717) is 0 Å². The fraction of sp³-hybridized carbons (Fsp3) is 0.409. The van der Waals surface area contributed by atoms with Crippen LogP contribution in [-0.4, -0.2) is 37.0 Å². The Morgan fingerprint density at radius 1 is 1.00 bits per heavy atom. The van der Waals surface area contributed by atoms with Crippen molar-refractivity contribution in [3.05, 3.63) is 66.2 Å². The van der Waals surface area contributed by atoms with E-state index in [9.17, 15) is 4.79 Å². The number of nitrogens with zero attached hydrogens (tertiary/aromatic N) is 1. The van der Waals surface area contributed by atoms with Crippen LogP contribution in [0.4, 0.5) is 5.69 Å². The lowest BCUT2D eigenvalue weighted by Gasteiger charge is -2.32. The van der Waals surface area contributed by atoms with Gasteiger partial charge in [0.1, 0.15) is 0 Å². The van der Waals surface area contributed by atoms with Crippen molar-refractivity contribution in [1.82, 2.24) is 10.2 Å². The molecule has 2 N–H and O–H groups in total. The number of rotatable bonds is 8. The highest BCUT2D eigenvalue weighted by Crippen LogP contribution is 2.18. The average Bonchev–Trinajstić information content (AvgIpc) is 2.69. The molecule has 2 aromatic carbocycles. The van der Waals surface area contributed by atoms with Crippen LogP contribution < -0.4 is 10.6 Å². The number of likely N-dealkylation sites (tertiary alicyclic amines) is 1. The lowest BCUT2D eigenvalue weighted by Crippen LogP contribution is -2.43. The second kappa shape index (κ2) is 9.97. The molecule has 0 aromatic heterocycles. The topological polar surface area (TPSA) is 44.4 Å². The van der Waals surface area contributed by atoms with E-state index in [1.54, 1.807) is 0 Å². The molecule has 0 aliphatic carbocycles. The van der Waals surface area contributed by atoms with Gasteiger partial charge in [0, 0.05) is 31.9 Å². The van der Waals surface area contributed by atoms with E-state index in [-0.39, 0.29) is 11.8 Å². The molecular formula is C22H29N3O. The normalized spacial score (nSPS) is 17.6. The maximum atomic E-state index is 12.5. The first-order chi connectivity index (χ1) is 12.8.